The number of halogens is 1. The van der Waals surface area contributed by atoms with Crippen LogP contribution >= 0.6 is 15.9 Å². The highest BCUT2D eigenvalue weighted by Crippen LogP contribution is 2.58. The molecule has 2 atom stereocenters. The van der Waals surface area contributed by atoms with Crippen molar-refractivity contribution in [3.8, 4) is 0 Å². The molecule has 2 aliphatic carbocycles. The average molecular weight is 355 g/mol. The van der Waals surface area contributed by atoms with Gasteiger partial charge in [-0.25, -0.2) is 0 Å². The summed E-state index contributed by atoms with van der Waals surface area (Å²) in [4.78, 5) is 10.5. The normalized spacial score (nSPS) is 26.0. The van der Waals surface area contributed by atoms with Crippen LogP contribution in [0.25, 0.3) is 0 Å². The van der Waals surface area contributed by atoms with E-state index < -0.39 is 0 Å². The highest BCUT2D eigenvalue weighted by Gasteiger charge is 2.59. The van der Waals surface area contributed by atoms with Gasteiger partial charge in [0.2, 0.25) is 0 Å². The zero-order valence-electron chi connectivity index (χ0n) is 12.0. The van der Waals surface area contributed by atoms with Crippen LogP contribution in [0.2, 0.25) is 0 Å². The third-order valence-electron chi connectivity index (χ3n) is 4.93. The van der Waals surface area contributed by atoms with Crippen molar-refractivity contribution < 1.29 is 9.66 Å². The lowest BCUT2D eigenvalue weighted by Crippen LogP contribution is -2.64. The van der Waals surface area contributed by atoms with Crippen molar-refractivity contribution >= 4 is 27.3 Å². The van der Waals surface area contributed by atoms with Gasteiger partial charge in [0.1, 0.15) is 0 Å². The van der Waals surface area contributed by atoms with Gasteiger partial charge in [-0.2, -0.15) is 0 Å². The lowest BCUT2D eigenvalue weighted by molar-refractivity contribution is -0.384. The number of hydrogen-bond donors (Lipinski definition) is 1. The van der Waals surface area contributed by atoms with E-state index in [1.54, 1.807) is 12.1 Å². The molecule has 1 aromatic rings. The van der Waals surface area contributed by atoms with Gasteiger partial charge in [-0.1, -0.05) is 6.42 Å². The van der Waals surface area contributed by atoms with Crippen LogP contribution in [0.5, 0.6) is 0 Å². The molecule has 0 saturated heterocycles. The predicted octanol–water partition coefficient (Wildman–Crippen LogP) is 4.12. The molecule has 2 unspecified atom stereocenters. The molecule has 0 amide bonds. The van der Waals surface area contributed by atoms with Crippen LogP contribution < -0.4 is 5.32 Å². The third kappa shape index (κ3) is 2.44. The van der Waals surface area contributed by atoms with E-state index in [4.69, 9.17) is 4.74 Å². The minimum atomic E-state index is -0.361. The van der Waals surface area contributed by atoms with Crippen LogP contribution in [0.4, 0.5) is 11.4 Å². The maximum Gasteiger partial charge on any atom is 0.271 e. The average Bonchev–Trinajstić information content (AvgIpc) is 2.37. The van der Waals surface area contributed by atoms with E-state index in [1.807, 2.05) is 6.92 Å². The second-order valence-electron chi connectivity index (χ2n) is 5.88. The molecule has 5 nitrogen and oxygen atoms in total. The minimum absolute atomic E-state index is 0.115. The minimum Gasteiger partial charge on any atom is -0.380 e. The van der Waals surface area contributed by atoms with E-state index >= 15 is 0 Å². The van der Waals surface area contributed by atoms with Gasteiger partial charge in [0, 0.05) is 34.7 Å². The molecule has 1 N–H and O–H groups in total. The van der Waals surface area contributed by atoms with Crippen molar-refractivity contribution in [2.75, 3.05) is 11.9 Å². The predicted molar refractivity (Wildman–Crippen MR) is 84.5 cm³/mol. The number of nitrogens with one attached hydrogen (secondary N) is 1. The highest BCUT2D eigenvalue weighted by molar-refractivity contribution is 9.10. The van der Waals surface area contributed by atoms with Crippen molar-refractivity contribution in [3.05, 3.63) is 32.8 Å². The van der Waals surface area contributed by atoms with Crippen molar-refractivity contribution in [3.63, 3.8) is 0 Å². The number of nitro benzene ring substituents is 1. The topological polar surface area (TPSA) is 64.4 Å². The second-order valence-corrected chi connectivity index (χ2v) is 6.74. The zero-order valence-corrected chi connectivity index (χ0v) is 13.6. The van der Waals surface area contributed by atoms with Gasteiger partial charge in [0.25, 0.3) is 5.69 Å². The molecular formula is C15H19BrN2O3. The first-order valence-electron chi connectivity index (χ1n) is 7.39. The zero-order chi connectivity index (χ0) is 15.0. The smallest absolute Gasteiger partial charge is 0.271 e. The summed E-state index contributed by atoms with van der Waals surface area (Å²) in [5.41, 5.74) is 1.15. The molecule has 0 radical (unpaired) electrons. The van der Waals surface area contributed by atoms with Crippen molar-refractivity contribution in [2.45, 2.75) is 44.8 Å². The van der Waals surface area contributed by atoms with Crippen LogP contribution in [0.3, 0.4) is 0 Å². The number of hydrogen-bond acceptors (Lipinski definition) is 4. The van der Waals surface area contributed by atoms with E-state index in [-0.39, 0.29) is 16.0 Å². The first-order chi connectivity index (χ1) is 10.1. The Bertz CT molecular complexity index is 560. The monoisotopic (exact) mass is 354 g/mol. The number of ether oxygens (including phenoxy) is 1. The van der Waals surface area contributed by atoms with Gasteiger partial charge in [0.15, 0.2) is 0 Å². The first kappa shape index (κ1) is 14.8. The van der Waals surface area contributed by atoms with E-state index in [0.717, 1.165) is 23.2 Å². The summed E-state index contributed by atoms with van der Waals surface area (Å²) < 4.78 is 6.70. The summed E-state index contributed by atoms with van der Waals surface area (Å²) in [5, 5.41) is 14.4. The quantitative estimate of drug-likeness (QED) is 0.638. The summed E-state index contributed by atoms with van der Waals surface area (Å²) in [7, 11) is 0. The molecule has 114 valence electrons. The van der Waals surface area contributed by atoms with Crippen molar-refractivity contribution in [2.24, 2.45) is 5.41 Å². The summed E-state index contributed by atoms with van der Waals surface area (Å²) in [6, 6.07) is 5.19. The van der Waals surface area contributed by atoms with Crippen LogP contribution in [0.15, 0.2) is 22.7 Å². The van der Waals surface area contributed by atoms with E-state index in [2.05, 4.69) is 21.2 Å². The molecule has 2 saturated carbocycles. The molecule has 0 aliphatic heterocycles. The van der Waals surface area contributed by atoms with Crippen molar-refractivity contribution in [1.29, 1.82) is 0 Å². The standard InChI is InChI=1S/C15H19BrN2O3/c1-2-21-14-9-13(15(14)6-3-7-15)17-12-8-10(18(19)20)4-5-11(12)16/h4-5,8,13-14,17H,2-3,6-7,9H2,1H3. The van der Waals surface area contributed by atoms with E-state index in [9.17, 15) is 10.1 Å². The second kappa shape index (κ2) is 5.57. The first-order valence-corrected chi connectivity index (χ1v) is 8.18. The SMILES string of the molecule is CCOC1CC(Nc2cc([N+](=O)[O-])ccc2Br)C12CCC2. The Balaban J connectivity index is 1.75. The van der Waals surface area contributed by atoms with Gasteiger partial charge in [-0.3, -0.25) is 10.1 Å². The maximum atomic E-state index is 10.9. The van der Waals surface area contributed by atoms with Gasteiger partial charge in [-0.15, -0.1) is 0 Å². The van der Waals surface area contributed by atoms with Gasteiger partial charge in [-0.05, 0) is 48.2 Å². The molecule has 3 rings (SSSR count). The number of nitrogens with zero attached hydrogens (tertiary/aromatic N) is 1. The van der Waals surface area contributed by atoms with Crippen LogP contribution in [-0.2, 0) is 4.74 Å². The molecule has 1 spiro atoms. The Morgan fingerprint density at radius 3 is 2.86 bits per heavy atom. The summed E-state index contributed by atoms with van der Waals surface area (Å²) in [5.74, 6) is 0. The molecule has 1 aromatic carbocycles. The number of benzene rings is 1. The largest absolute Gasteiger partial charge is 0.380 e. The number of rotatable bonds is 5. The molecular weight excluding hydrogens is 336 g/mol. The lowest BCUT2D eigenvalue weighted by Gasteiger charge is -2.61. The lowest BCUT2D eigenvalue weighted by atomic mass is 9.51. The van der Waals surface area contributed by atoms with E-state index in [0.29, 0.717) is 12.1 Å². The molecule has 0 heterocycles. The fourth-order valence-electron chi connectivity index (χ4n) is 3.57. The fraction of sp³-hybridized carbons (Fsp3) is 0.600. The van der Waals surface area contributed by atoms with Crippen LogP contribution in [0, 0.1) is 15.5 Å². The number of non-ortho nitro benzene ring substituents is 1. The molecule has 21 heavy (non-hydrogen) atoms. The number of nitro groups is 1. The summed E-state index contributed by atoms with van der Waals surface area (Å²) in [6.07, 6.45) is 4.93. The Labute approximate surface area is 132 Å². The summed E-state index contributed by atoms with van der Waals surface area (Å²) >= 11 is 3.47. The molecule has 6 heteroatoms. The third-order valence-corrected chi connectivity index (χ3v) is 5.62. The molecule has 0 bridgehead atoms. The van der Waals surface area contributed by atoms with E-state index in [1.165, 1.54) is 25.3 Å². The van der Waals surface area contributed by atoms with Crippen molar-refractivity contribution in [1.82, 2.24) is 0 Å². The van der Waals surface area contributed by atoms with Gasteiger partial charge in [0.05, 0.1) is 16.7 Å². The Kier molecular flexibility index (Phi) is 3.92. The number of anilines is 1. The fourth-order valence-corrected chi connectivity index (χ4v) is 3.93. The molecule has 0 aromatic heterocycles. The molecule has 2 fully saturated rings. The molecule has 2 aliphatic rings. The maximum absolute atomic E-state index is 10.9. The van der Waals surface area contributed by atoms with Gasteiger partial charge < -0.3 is 10.1 Å². The Morgan fingerprint density at radius 2 is 2.29 bits per heavy atom. The van der Waals surface area contributed by atoms with Gasteiger partial charge >= 0.3 is 0 Å². The summed E-state index contributed by atoms with van der Waals surface area (Å²) in [6.45, 7) is 2.78. The Morgan fingerprint density at radius 1 is 1.52 bits per heavy atom. The van der Waals surface area contributed by atoms with Crippen LogP contribution in [-0.4, -0.2) is 23.7 Å². The highest BCUT2D eigenvalue weighted by atomic mass is 79.9. The Hall–Kier alpha value is -1.14. The van der Waals surface area contributed by atoms with Crippen LogP contribution in [0.1, 0.15) is 32.6 Å².